The highest BCUT2D eigenvalue weighted by atomic mass is 16.1. The number of pyridine rings is 1. The lowest BCUT2D eigenvalue weighted by atomic mass is 9.92. The Morgan fingerprint density at radius 1 is 1.24 bits per heavy atom. The van der Waals surface area contributed by atoms with Gasteiger partial charge in [-0.15, -0.1) is 0 Å². The molecule has 4 nitrogen and oxygen atoms in total. The summed E-state index contributed by atoms with van der Waals surface area (Å²) < 4.78 is 0. The Hall–Kier alpha value is -2.10. The first-order valence-corrected chi connectivity index (χ1v) is 7.24. The maximum atomic E-state index is 12.0. The smallest absolute Gasteiger partial charge is 0.248 e. The average Bonchev–Trinajstić information content (AvgIpc) is 2.34. The van der Waals surface area contributed by atoms with E-state index < -0.39 is 0 Å². The van der Waals surface area contributed by atoms with Crippen molar-refractivity contribution in [3.63, 3.8) is 0 Å². The van der Waals surface area contributed by atoms with E-state index in [4.69, 9.17) is 0 Å². The van der Waals surface area contributed by atoms with Gasteiger partial charge in [-0.2, -0.15) is 0 Å². The number of aromatic nitrogens is 1. The molecule has 112 valence electrons. The van der Waals surface area contributed by atoms with Crippen LogP contribution in [-0.2, 0) is 11.2 Å². The highest BCUT2D eigenvalue weighted by Gasteiger charge is 2.16. The number of carbonyl (C=O) groups is 1. The Balaban J connectivity index is 2.31. The Labute approximate surface area is 124 Å². The molecule has 1 amide bonds. The summed E-state index contributed by atoms with van der Waals surface area (Å²) in [6, 6.07) is 7.26. The normalized spacial score (nSPS) is 11.6. The molecule has 0 unspecified atom stereocenters. The molecule has 2 aromatic rings. The van der Waals surface area contributed by atoms with Crippen LogP contribution in [0.3, 0.4) is 0 Å². The van der Waals surface area contributed by atoms with E-state index in [0.29, 0.717) is 12.1 Å². The van der Waals surface area contributed by atoms with E-state index in [-0.39, 0.29) is 16.9 Å². The second-order valence-corrected chi connectivity index (χ2v) is 6.56. The molecule has 0 aliphatic rings. The molecular weight excluding hydrogens is 264 g/mol. The SMILES string of the molecule is CCc1cc(=O)[nH]c2cc(NC(=O)CC(C)(C)C)ccc12. The van der Waals surface area contributed by atoms with Crippen molar-refractivity contribution in [2.75, 3.05) is 5.32 Å². The Morgan fingerprint density at radius 3 is 2.57 bits per heavy atom. The van der Waals surface area contributed by atoms with E-state index in [1.54, 1.807) is 6.07 Å². The Bertz CT molecular complexity index is 724. The highest BCUT2D eigenvalue weighted by Crippen LogP contribution is 2.22. The van der Waals surface area contributed by atoms with Gasteiger partial charge >= 0.3 is 0 Å². The molecule has 2 rings (SSSR count). The zero-order valence-corrected chi connectivity index (χ0v) is 13.0. The third kappa shape index (κ3) is 3.94. The minimum Gasteiger partial charge on any atom is -0.326 e. The van der Waals surface area contributed by atoms with E-state index in [1.807, 2.05) is 45.9 Å². The fraction of sp³-hybridized carbons (Fsp3) is 0.412. The van der Waals surface area contributed by atoms with Crippen molar-refractivity contribution in [1.29, 1.82) is 0 Å². The lowest BCUT2D eigenvalue weighted by Crippen LogP contribution is -2.19. The van der Waals surface area contributed by atoms with Crippen LogP contribution in [0.2, 0.25) is 0 Å². The molecule has 0 aliphatic heterocycles. The summed E-state index contributed by atoms with van der Waals surface area (Å²) in [5.74, 6) is -0.0177. The topological polar surface area (TPSA) is 62.0 Å². The lowest BCUT2D eigenvalue weighted by molar-refractivity contribution is -0.117. The van der Waals surface area contributed by atoms with Crippen molar-refractivity contribution >= 4 is 22.5 Å². The molecular formula is C17H22N2O2. The van der Waals surface area contributed by atoms with Crippen LogP contribution in [-0.4, -0.2) is 10.9 Å². The maximum Gasteiger partial charge on any atom is 0.248 e. The fourth-order valence-electron chi connectivity index (χ4n) is 2.39. The summed E-state index contributed by atoms with van der Waals surface area (Å²) >= 11 is 0. The Morgan fingerprint density at radius 2 is 1.95 bits per heavy atom. The van der Waals surface area contributed by atoms with E-state index in [2.05, 4.69) is 10.3 Å². The number of aryl methyl sites for hydroxylation is 1. The molecule has 2 N–H and O–H groups in total. The zero-order chi connectivity index (χ0) is 15.6. The van der Waals surface area contributed by atoms with E-state index in [1.165, 1.54) is 0 Å². The zero-order valence-electron chi connectivity index (χ0n) is 13.0. The molecule has 0 saturated heterocycles. The predicted molar refractivity (Wildman–Crippen MR) is 86.6 cm³/mol. The van der Waals surface area contributed by atoms with Crippen molar-refractivity contribution in [2.45, 2.75) is 40.5 Å². The van der Waals surface area contributed by atoms with Crippen LogP contribution >= 0.6 is 0 Å². The maximum absolute atomic E-state index is 12.0. The summed E-state index contributed by atoms with van der Waals surface area (Å²) in [4.78, 5) is 26.4. The van der Waals surface area contributed by atoms with Crippen molar-refractivity contribution in [2.24, 2.45) is 5.41 Å². The number of amides is 1. The molecule has 21 heavy (non-hydrogen) atoms. The molecule has 0 spiro atoms. The fourth-order valence-corrected chi connectivity index (χ4v) is 2.39. The molecule has 0 bridgehead atoms. The molecule has 0 atom stereocenters. The average molecular weight is 286 g/mol. The van der Waals surface area contributed by atoms with Gasteiger partial charge in [-0.1, -0.05) is 33.8 Å². The molecule has 4 heteroatoms. The minimum atomic E-state index is -0.113. The number of hydrogen-bond donors (Lipinski definition) is 2. The first-order chi connectivity index (χ1) is 9.78. The number of hydrogen-bond acceptors (Lipinski definition) is 2. The first kappa shape index (κ1) is 15.3. The van der Waals surface area contributed by atoms with Gasteiger partial charge < -0.3 is 10.3 Å². The van der Waals surface area contributed by atoms with Crippen molar-refractivity contribution in [3.05, 3.63) is 40.2 Å². The van der Waals surface area contributed by atoms with Crippen molar-refractivity contribution < 1.29 is 4.79 Å². The number of benzene rings is 1. The number of nitrogens with one attached hydrogen (secondary N) is 2. The third-order valence-corrected chi connectivity index (χ3v) is 3.28. The quantitative estimate of drug-likeness (QED) is 0.907. The van der Waals surface area contributed by atoms with Crippen molar-refractivity contribution in [1.82, 2.24) is 4.98 Å². The highest BCUT2D eigenvalue weighted by molar-refractivity contribution is 5.94. The molecule has 1 aromatic heterocycles. The first-order valence-electron chi connectivity index (χ1n) is 7.24. The van der Waals surface area contributed by atoms with Crippen LogP contribution in [0, 0.1) is 5.41 Å². The summed E-state index contributed by atoms with van der Waals surface area (Å²) in [7, 11) is 0. The van der Waals surface area contributed by atoms with Crippen LogP contribution in [0.25, 0.3) is 10.9 Å². The van der Waals surface area contributed by atoms with Crippen LogP contribution in [0.15, 0.2) is 29.1 Å². The van der Waals surface area contributed by atoms with Gasteiger partial charge in [0.25, 0.3) is 0 Å². The second-order valence-electron chi connectivity index (χ2n) is 6.56. The van der Waals surface area contributed by atoms with Gasteiger partial charge in [0.15, 0.2) is 0 Å². The van der Waals surface area contributed by atoms with Crippen LogP contribution in [0.1, 0.15) is 39.7 Å². The lowest BCUT2D eigenvalue weighted by Gasteiger charge is -2.17. The summed E-state index contributed by atoms with van der Waals surface area (Å²) in [6.45, 7) is 8.10. The molecule has 0 fully saturated rings. The number of H-pyrrole nitrogens is 1. The molecule has 0 aliphatic carbocycles. The van der Waals surface area contributed by atoms with Gasteiger partial charge in [0, 0.05) is 23.6 Å². The summed E-state index contributed by atoms with van der Waals surface area (Å²) in [6.07, 6.45) is 1.26. The number of carbonyl (C=O) groups excluding carboxylic acids is 1. The predicted octanol–water partition coefficient (Wildman–Crippen LogP) is 3.47. The summed E-state index contributed by atoms with van der Waals surface area (Å²) in [5, 5.41) is 3.91. The molecule has 1 aromatic carbocycles. The van der Waals surface area contributed by atoms with E-state index >= 15 is 0 Å². The van der Waals surface area contributed by atoms with Gasteiger partial charge in [0.2, 0.25) is 11.5 Å². The van der Waals surface area contributed by atoms with E-state index in [9.17, 15) is 9.59 Å². The van der Waals surface area contributed by atoms with Crippen molar-refractivity contribution in [3.8, 4) is 0 Å². The number of fused-ring (bicyclic) bond motifs is 1. The third-order valence-electron chi connectivity index (χ3n) is 3.28. The summed E-state index contributed by atoms with van der Waals surface area (Å²) in [5.41, 5.74) is 2.32. The second kappa shape index (κ2) is 5.72. The number of anilines is 1. The minimum absolute atomic E-state index is 0.0177. The standard InChI is InChI=1S/C17H22N2O2/c1-5-11-8-15(20)19-14-9-12(6-7-13(11)14)18-16(21)10-17(2,3)4/h6-9H,5,10H2,1-4H3,(H,18,21)(H,19,20). The van der Waals surface area contributed by atoms with Gasteiger partial charge in [-0.25, -0.2) is 0 Å². The number of aromatic amines is 1. The molecule has 0 saturated carbocycles. The van der Waals surface area contributed by atoms with Crippen LogP contribution in [0.4, 0.5) is 5.69 Å². The van der Waals surface area contributed by atoms with Gasteiger partial charge in [-0.05, 0) is 29.5 Å². The van der Waals surface area contributed by atoms with Gasteiger partial charge in [0.1, 0.15) is 0 Å². The molecule has 1 heterocycles. The largest absolute Gasteiger partial charge is 0.326 e. The van der Waals surface area contributed by atoms with Crippen LogP contribution < -0.4 is 10.9 Å². The number of rotatable bonds is 3. The Kier molecular flexibility index (Phi) is 4.16. The molecule has 0 radical (unpaired) electrons. The van der Waals surface area contributed by atoms with Crippen LogP contribution in [0.5, 0.6) is 0 Å². The van der Waals surface area contributed by atoms with Gasteiger partial charge in [0.05, 0.1) is 5.52 Å². The van der Waals surface area contributed by atoms with Gasteiger partial charge in [-0.3, -0.25) is 9.59 Å². The monoisotopic (exact) mass is 286 g/mol. The van der Waals surface area contributed by atoms with E-state index in [0.717, 1.165) is 22.9 Å².